The van der Waals surface area contributed by atoms with Crippen LogP contribution in [-0.4, -0.2) is 20.9 Å². The molecule has 0 bridgehead atoms. The van der Waals surface area contributed by atoms with E-state index in [1.54, 1.807) is 6.07 Å². The van der Waals surface area contributed by atoms with Crippen molar-refractivity contribution >= 4 is 25.6 Å². The summed E-state index contributed by atoms with van der Waals surface area (Å²) in [6, 6.07) is 4.39. The third-order valence-electron chi connectivity index (χ3n) is 3.00. The van der Waals surface area contributed by atoms with Crippen LogP contribution >= 0.6 is 10.7 Å². The van der Waals surface area contributed by atoms with E-state index < -0.39 is 9.05 Å². The zero-order valence-electron chi connectivity index (χ0n) is 11.9. The number of carbonyl (C=O) groups excluding carboxylic acids is 1. The molecule has 0 aliphatic carbocycles. The Balaban J connectivity index is 2.99. The zero-order chi connectivity index (χ0) is 15.3. The lowest BCUT2D eigenvalue weighted by atomic mass is 10.0. The van der Waals surface area contributed by atoms with Gasteiger partial charge in [-0.05, 0) is 36.5 Å². The summed E-state index contributed by atoms with van der Waals surface area (Å²) in [5.74, 6) is 0.236. The van der Waals surface area contributed by atoms with Gasteiger partial charge in [0.1, 0.15) is 0 Å². The molecular formula is C14H20ClNO3S. The van der Waals surface area contributed by atoms with Gasteiger partial charge in [0.15, 0.2) is 0 Å². The SMILES string of the molecule is CCc1ccc(S(=O)(=O)Cl)cc1C(=O)NCCC(C)C. The van der Waals surface area contributed by atoms with Crippen molar-refractivity contribution in [3.63, 3.8) is 0 Å². The van der Waals surface area contributed by atoms with E-state index in [1.165, 1.54) is 12.1 Å². The second kappa shape index (κ2) is 7.09. The third-order valence-corrected chi connectivity index (χ3v) is 4.35. The second-order valence-corrected chi connectivity index (χ2v) is 7.61. The van der Waals surface area contributed by atoms with Crippen molar-refractivity contribution in [1.29, 1.82) is 0 Å². The molecule has 20 heavy (non-hydrogen) atoms. The molecule has 0 heterocycles. The molecule has 0 radical (unpaired) electrons. The molecule has 4 nitrogen and oxygen atoms in total. The summed E-state index contributed by atoms with van der Waals surface area (Å²) >= 11 is 0. The molecule has 0 aliphatic heterocycles. The molecule has 0 aromatic heterocycles. The number of aryl methyl sites for hydroxylation is 1. The molecule has 0 aliphatic rings. The van der Waals surface area contributed by atoms with Gasteiger partial charge in [-0.3, -0.25) is 4.79 Å². The lowest BCUT2D eigenvalue weighted by molar-refractivity contribution is 0.0951. The predicted octanol–water partition coefficient (Wildman–Crippen LogP) is 2.95. The standard InChI is InChI=1S/C14H20ClNO3S/c1-4-11-5-6-12(20(15,18)19)9-13(11)14(17)16-8-7-10(2)3/h5-6,9-10H,4,7-8H2,1-3H3,(H,16,17). The van der Waals surface area contributed by atoms with Gasteiger partial charge in [-0.25, -0.2) is 8.42 Å². The van der Waals surface area contributed by atoms with E-state index in [0.717, 1.165) is 12.0 Å². The van der Waals surface area contributed by atoms with Gasteiger partial charge in [-0.1, -0.05) is 26.8 Å². The minimum atomic E-state index is -3.83. The van der Waals surface area contributed by atoms with Crippen molar-refractivity contribution in [2.45, 2.75) is 38.5 Å². The average Bonchev–Trinajstić information content (AvgIpc) is 2.36. The van der Waals surface area contributed by atoms with Gasteiger partial charge in [0, 0.05) is 22.8 Å². The van der Waals surface area contributed by atoms with Gasteiger partial charge in [0.05, 0.1) is 4.90 Å². The molecule has 0 saturated carbocycles. The molecule has 1 N–H and O–H groups in total. The first-order valence-corrected chi connectivity index (χ1v) is 8.92. The van der Waals surface area contributed by atoms with E-state index in [9.17, 15) is 13.2 Å². The number of nitrogens with one attached hydrogen (secondary N) is 1. The molecule has 0 atom stereocenters. The van der Waals surface area contributed by atoms with E-state index in [-0.39, 0.29) is 10.8 Å². The first-order chi connectivity index (χ1) is 9.25. The highest BCUT2D eigenvalue weighted by molar-refractivity contribution is 8.13. The van der Waals surface area contributed by atoms with Crippen molar-refractivity contribution in [3.8, 4) is 0 Å². The van der Waals surface area contributed by atoms with Crippen LogP contribution in [0.2, 0.25) is 0 Å². The quantitative estimate of drug-likeness (QED) is 0.820. The van der Waals surface area contributed by atoms with Gasteiger partial charge < -0.3 is 5.32 Å². The van der Waals surface area contributed by atoms with E-state index in [4.69, 9.17) is 10.7 Å². The summed E-state index contributed by atoms with van der Waals surface area (Å²) in [6.07, 6.45) is 1.52. The van der Waals surface area contributed by atoms with Gasteiger partial charge in [-0.15, -0.1) is 0 Å². The summed E-state index contributed by atoms with van der Waals surface area (Å²) in [6.45, 7) is 6.63. The molecule has 112 valence electrons. The maximum Gasteiger partial charge on any atom is 0.261 e. The van der Waals surface area contributed by atoms with Gasteiger partial charge >= 0.3 is 0 Å². The molecule has 1 aromatic rings. The van der Waals surface area contributed by atoms with Crippen LogP contribution < -0.4 is 5.32 Å². The highest BCUT2D eigenvalue weighted by Crippen LogP contribution is 2.20. The number of rotatable bonds is 6. The van der Waals surface area contributed by atoms with Crippen LogP contribution in [0.5, 0.6) is 0 Å². The lowest BCUT2D eigenvalue weighted by Gasteiger charge is -2.11. The van der Waals surface area contributed by atoms with E-state index in [0.29, 0.717) is 24.4 Å². The Labute approximate surface area is 124 Å². The minimum Gasteiger partial charge on any atom is -0.352 e. The van der Waals surface area contributed by atoms with Crippen molar-refractivity contribution < 1.29 is 13.2 Å². The van der Waals surface area contributed by atoms with Gasteiger partial charge in [0.25, 0.3) is 15.0 Å². The second-order valence-electron chi connectivity index (χ2n) is 5.05. The van der Waals surface area contributed by atoms with Crippen LogP contribution in [0.4, 0.5) is 0 Å². The molecule has 0 saturated heterocycles. The summed E-state index contributed by atoms with van der Waals surface area (Å²) < 4.78 is 22.7. The van der Waals surface area contributed by atoms with Gasteiger partial charge in [0.2, 0.25) is 0 Å². The van der Waals surface area contributed by atoms with Crippen molar-refractivity contribution in [1.82, 2.24) is 5.32 Å². The molecular weight excluding hydrogens is 298 g/mol. The number of benzene rings is 1. The molecule has 0 spiro atoms. The number of amides is 1. The maximum absolute atomic E-state index is 12.1. The van der Waals surface area contributed by atoms with E-state index in [1.807, 2.05) is 6.92 Å². The van der Waals surface area contributed by atoms with Crippen molar-refractivity contribution in [2.24, 2.45) is 5.92 Å². The summed E-state index contributed by atoms with van der Waals surface area (Å²) in [7, 11) is 1.49. The predicted molar refractivity (Wildman–Crippen MR) is 80.6 cm³/mol. The summed E-state index contributed by atoms with van der Waals surface area (Å²) in [5, 5.41) is 2.81. The fourth-order valence-corrected chi connectivity index (χ4v) is 2.57. The first-order valence-electron chi connectivity index (χ1n) is 6.61. The topological polar surface area (TPSA) is 63.2 Å². The molecule has 6 heteroatoms. The van der Waals surface area contributed by atoms with Gasteiger partial charge in [-0.2, -0.15) is 0 Å². The molecule has 1 rings (SSSR count). The Morgan fingerprint density at radius 1 is 1.35 bits per heavy atom. The zero-order valence-corrected chi connectivity index (χ0v) is 13.5. The normalized spacial score (nSPS) is 11.7. The fourth-order valence-electron chi connectivity index (χ4n) is 1.80. The Bertz CT molecular complexity index is 582. The Morgan fingerprint density at radius 2 is 2.00 bits per heavy atom. The van der Waals surface area contributed by atoms with Crippen molar-refractivity contribution in [3.05, 3.63) is 29.3 Å². The maximum atomic E-state index is 12.1. The fraction of sp³-hybridized carbons (Fsp3) is 0.500. The number of halogens is 1. The molecule has 1 amide bonds. The summed E-state index contributed by atoms with van der Waals surface area (Å²) in [5.41, 5.74) is 1.18. The van der Waals surface area contributed by atoms with Crippen LogP contribution in [0.1, 0.15) is 43.1 Å². The number of carbonyl (C=O) groups is 1. The molecule has 0 unspecified atom stereocenters. The molecule has 1 aromatic carbocycles. The third kappa shape index (κ3) is 4.80. The van der Waals surface area contributed by atoms with Crippen molar-refractivity contribution in [2.75, 3.05) is 6.54 Å². The van der Waals surface area contributed by atoms with Crippen LogP contribution in [0, 0.1) is 5.92 Å². The number of hydrogen-bond acceptors (Lipinski definition) is 3. The van der Waals surface area contributed by atoms with Crippen LogP contribution in [0.25, 0.3) is 0 Å². The largest absolute Gasteiger partial charge is 0.352 e. The Kier molecular flexibility index (Phi) is 6.02. The van der Waals surface area contributed by atoms with E-state index in [2.05, 4.69) is 19.2 Å². The van der Waals surface area contributed by atoms with Crippen LogP contribution in [0.15, 0.2) is 23.1 Å². The smallest absolute Gasteiger partial charge is 0.261 e. The molecule has 0 fully saturated rings. The summed E-state index contributed by atoms with van der Waals surface area (Å²) in [4.78, 5) is 12.1. The van der Waals surface area contributed by atoms with Crippen LogP contribution in [-0.2, 0) is 15.5 Å². The number of hydrogen-bond donors (Lipinski definition) is 1. The van der Waals surface area contributed by atoms with E-state index >= 15 is 0 Å². The Morgan fingerprint density at radius 3 is 2.50 bits per heavy atom. The Hall–Kier alpha value is -1.07. The minimum absolute atomic E-state index is 0.0506. The highest BCUT2D eigenvalue weighted by Gasteiger charge is 2.16. The average molecular weight is 318 g/mol. The highest BCUT2D eigenvalue weighted by atomic mass is 35.7. The monoisotopic (exact) mass is 317 g/mol. The van der Waals surface area contributed by atoms with Crippen LogP contribution in [0.3, 0.4) is 0 Å². The first kappa shape index (κ1) is 17.0. The lowest BCUT2D eigenvalue weighted by Crippen LogP contribution is -2.26.